The minimum Gasteiger partial charge on any atom is -0.497 e. The molecule has 6 nitrogen and oxygen atoms in total. The van der Waals surface area contributed by atoms with Crippen LogP contribution in [-0.2, 0) is 14.8 Å². The molecule has 0 saturated carbocycles. The van der Waals surface area contributed by atoms with E-state index in [0.717, 1.165) is 9.87 Å². The fourth-order valence-corrected chi connectivity index (χ4v) is 4.58. The maximum Gasteiger partial charge on any atom is 0.264 e. The summed E-state index contributed by atoms with van der Waals surface area (Å²) in [6.07, 6.45) is 0. The summed E-state index contributed by atoms with van der Waals surface area (Å²) in [5.41, 5.74) is 1.09. The van der Waals surface area contributed by atoms with Crippen molar-refractivity contribution in [2.45, 2.75) is 11.8 Å². The maximum absolute atomic E-state index is 14.1. The van der Waals surface area contributed by atoms with Crippen LogP contribution in [0.2, 0.25) is 0 Å². The molecule has 1 N–H and O–H groups in total. The Hall–Kier alpha value is -2.91. The van der Waals surface area contributed by atoms with Crippen molar-refractivity contribution in [2.24, 2.45) is 0 Å². The van der Waals surface area contributed by atoms with E-state index in [1.807, 2.05) is 6.92 Å². The van der Waals surface area contributed by atoms with Crippen LogP contribution in [-0.4, -0.2) is 28.0 Å². The highest BCUT2D eigenvalue weighted by Crippen LogP contribution is 2.27. The molecular formula is C22H20BrFN2O4S. The molecule has 0 aliphatic carbocycles. The molecule has 0 saturated heterocycles. The van der Waals surface area contributed by atoms with Crippen molar-refractivity contribution in [3.05, 3.63) is 82.6 Å². The molecule has 31 heavy (non-hydrogen) atoms. The number of nitrogens with zero attached hydrogens (tertiary/aromatic N) is 1. The normalized spacial score (nSPS) is 11.1. The predicted molar refractivity (Wildman–Crippen MR) is 121 cm³/mol. The number of anilines is 2. The quantitative estimate of drug-likeness (QED) is 0.502. The van der Waals surface area contributed by atoms with E-state index in [0.29, 0.717) is 10.2 Å². The topological polar surface area (TPSA) is 75.7 Å². The Morgan fingerprint density at radius 3 is 2.45 bits per heavy atom. The van der Waals surface area contributed by atoms with Crippen LogP contribution in [0, 0.1) is 12.7 Å². The molecule has 0 bridgehead atoms. The number of rotatable bonds is 7. The Balaban J connectivity index is 1.97. The lowest BCUT2D eigenvalue weighted by Gasteiger charge is -2.24. The summed E-state index contributed by atoms with van der Waals surface area (Å²) in [5.74, 6) is -0.905. The first-order chi connectivity index (χ1) is 14.7. The highest BCUT2D eigenvalue weighted by Gasteiger charge is 2.28. The molecule has 3 rings (SSSR count). The Morgan fingerprint density at radius 1 is 1.10 bits per heavy atom. The summed E-state index contributed by atoms with van der Waals surface area (Å²) in [6.45, 7) is 1.29. The molecule has 0 radical (unpaired) electrons. The standard InChI is InChI=1S/C22H20BrFN2O4S/c1-15-6-9-19(10-7-15)31(28,29)26(17-4-3-5-18(13-17)30-2)14-22(27)25-21-11-8-16(23)12-20(21)24/h3-13H,14H2,1-2H3,(H,25,27). The van der Waals surface area contributed by atoms with Gasteiger partial charge in [0.25, 0.3) is 10.0 Å². The van der Waals surface area contributed by atoms with Crippen LogP contribution in [0.15, 0.2) is 76.1 Å². The van der Waals surface area contributed by atoms with E-state index in [-0.39, 0.29) is 16.3 Å². The number of carbonyl (C=O) groups is 1. The molecule has 3 aromatic rings. The van der Waals surface area contributed by atoms with Crippen molar-refractivity contribution in [2.75, 3.05) is 23.3 Å². The lowest BCUT2D eigenvalue weighted by Crippen LogP contribution is -2.38. The average molecular weight is 507 g/mol. The summed E-state index contributed by atoms with van der Waals surface area (Å²) in [7, 11) is -2.63. The first-order valence-electron chi connectivity index (χ1n) is 9.19. The number of halogens is 2. The van der Waals surface area contributed by atoms with E-state index in [9.17, 15) is 17.6 Å². The number of methoxy groups -OCH3 is 1. The second-order valence-corrected chi connectivity index (χ2v) is 9.48. The number of hydrogen-bond acceptors (Lipinski definition) is 4. The van der Waals surface area contributed by atoms with E-state index >= 15 is 0 Å². The summed E-state index contributed by atoms with van der Waals surface area (Å²) < 4.78 is 47.5. The number of carbonyl (C=O) groups excluding carboxylic acids is 1. The average Bonchev–Trinajstić information content (AvgIpc) is 2.74. The zero-order valence-electron chi connectivity index (χ0n) is 16.8. The second-order valence-electron chi connectivity index (χ2n) is 6.70. The zero-order valence-corrected chi connectivity index (χ0v) is 19.2. The molecule has 0 aromatic heterocycles. The third-order valence-electron chi connectivity index (χ3n) is 4.44. The van der Waals surface area contributed by atoms with Gasteiger partial charge in [-0.2, -0.15) is 0 Å². The van der Waals surface area contributed by atoms with Gasteiger partial charge in [-0.1, -0.05) is 39.7 Å². The van der Waals surface area contributed by atoms with E-state index in [1.165, 1.54) is 37.4 Å². The van der Waals surface area contributed by atoms with Gasteiger partial charge < -0.3 is 10.1 Å². The molecule has 162 valence electrons. The summed E-state index contributed by atoms with van der Waals surface area (Å²) in [4.78, 5) is 12.7. The molecule has 1 amide bonds. The summed E-state index contributed by atoms with van der Waals surface area (Å²) in [6, 6.07) is 16.8. The lowest BCUT2D eigenvalue weighted by molar-refractivity contribution is -0.114. The lowest BCUT2D eigenvalue weighted by atomic mass is 10.2. The number of benzene rings is 3. The van der Waals surface area contributed by atoms with Gasteiger partial charge in [0.05, 0.1) is 23.4 Å². The SMILES string of the molecule is COc1cccc(N(CC(=O)Nc2ccc(Br)cc2F)S(=O)(=O)c2ccc(C)cc2)c1. The van der Waals surface area contributed by atoms with Gasteiger partial charge in [-0.25, -0.2) is 12.8 Å². The van der Waals surface area contributed by atoms with Gasteiger partial charge in [0.2, 0.25) is 5.91 Å². The monoisotopic (exact) mass is 506 g/mol. The van der Waals surface area contributed by atoms with E-state index in [1.54, 1.807) is 36.4 Å². The smallest absolute Gasteiger partial charge is 0.264 e. The molecule has 9 heteroatoms. The fraction of sp³-hybridized carbons (Fsp3) is 0.136. The first kappa shape index (κ1) is 22.8. The van der Waals surface area contributed by atoms with Crippen molar-refractivity contribution in [3.8, 4) is 5.75 Å². The predicted octanol–water partition coefficient (Wildman–Crippen LogP) is 4.74. The van der Waals surface area contributed by atoms with Crippen molar-refractivity contribution in [1.82, 2.24) is 0 Å². The Kier molecular flexibility index (Phi) is 6.97. The van der Waals surface area contributed by atoms with Crippen LogP contribution in [0.3, 0.4) is 0 Å². The first-order valence-corrected chi connectivity index (χ1v) is 11.4. The number of amides is 1. The van der Waals surface area contributed by atoms with Gasteiger partial charge in [0, 0.05) is 10.5 Å². The number of nitrogens with one attached hydrogen (secondary N) is 1. The Morgan fingerprint density at radius 2 is 1.81 bits per heavy atom. The van der Waals surface area contributed by atoms with Crippen molar-refractivity contribution in [3.63, 3.8) is 0 Å². The molecule has 3 aromatic carbocycles. The summed E-state index contributed by atoms with van der Waals surface area (Å²) >= 11 is 3.15. The van der Waals surface area contributed by atoms with E-state index < -0.39 is 28.3 Å². The zero-order chi connectivity index (χ0) is 22.6. The summed E-state index contributed by atoms with van der Waals surface area (Å²) in [5, 5.41) is 2.43. The second kappa shape index (κ2) is 9.49. The van der Waals surface area contributed by atoms with Crippen LogP contribution in [0.4, 0.5) is 15.8 Å². The molecule has 0 aliphatic rings. The Labute approximate surface area is 188 Å². The molecule has 0 spiro atoms. The fourth-order valence-electron chi connectivity index (χ4n) is 2.83. The van der Waals surface area contributed by atoms with Crippen molar-refractivity contribution < 1.29 is 22.3 Å². The molecule has 0 unspecified atom stereocenters. The molecule has 0 aliphatic heterocycles. The van der Waals surface area contributed by atoms with Crippen LogP contribution in [0.1, 0.15) is 5.56 Å². The van der Waals surface area contributed by atoms with Crippen LogP contribution in [0.5, 0.6) is 5.75 Å². The van der Waals surface area contributed by atoms with Crippen LogP contribution >= 0.6 is 15.9 Å². The van der Waals surface area contributed by atoms with Crippen LogP contribution < -0.4 is 14.4 Å². The minimum absolute atomic E-state index is 0.0311. The molecule has 0 heterocycles. The molecule has 0 fully saturated rings. The highest BCUT2D eigenvalue weighted by molar-refractivity contribution is 9.10. The number of sulfonamides is 1. The highest BCUT2D eigenvalue weighted by atomic mass is 79.9. The van der Waals surface area contributed by atoms with Gasteiger partial charge in [-0.15, -0.1) is 0 Å². The largest absolute Gasteiger partial charge is 0.497 e. The van der Waals surface area contributed by atoms with Crippen LogP contribution in [0.25, 0.3) is 0 Å². The van der Waals surface area contributed by atoms with Gasteiger partial charge in [-0.3, -0.25) is 9.10 Å². The van der Waals surface area contributed by atoms with E-state index in [4.69, 9.17) is 4.74 Å². The molecular weight excluding hydrogens is 487 g/mol. The van der Waals surface area contributed by atoms with Crippen molar-refractivity contribution >= 4 is 43.2 Å². The Bertz CT molecular complexity index is 1200. The maximum atomic E-state index is 14.1. The third kappa shape index (κ3) is 5.42. The van der Waals surface area contributed by atoms with Gasteiger partial charge in [0.1, 0.15) is 18.1 Å². The molecule has 0 atom stereocenters. The minimum atomic E-state index is -4.08. The number of ether oxygens (including phenoxy) is 1. The van der Waals surface area contributed by atoms with Gasteiger partial charge >= 0.3 is 0 Å². The third-order valence-corrected chi connectivity index (χ3v) is 6.72. The number of aryl methyl sites for hydroxylation is 1. The van der Waals surface area contributed by atoms with Gasteiger partial charge in [0.15, 0.2) is 0 Å². The van der Waals surface area contributed by atoms with Crippen molar-refractivity contribution in [1.29, 1.82) is 0 Å². The number of hydrogen-bond donors (Lipinski definition) is 1. The van der Waals surface area contributed by atoms with Gasteiger partial charge in [-0.05, 0) is 49.4 Å². The van der Waals surface area contributed by atoms with E-state index in [2.05, 4.69) is 21.2 Å².